The largest absolute Gasteiger partial charge is 0.494 e. The van der Waals surface area contributed by atoms with E-state index in [0.717, 1.165) is 54.6 Å². The Labute approximate surface area is 126 Å². The van der Waals surface area contributed by atoms with Gasteiger partial charge in [0.05, 0.1) is 12.3 Å². The quantitative estimate of drug-likeness (QED) is 0.833. The molecule has 112 valence electrons. The Hall–Kier alpha value is -2.10. The van der Waals surface area contributed by atoms with Crippen molar-refractivity contribution >= 4 is 5.82 Å². The van der Waals surface area contributed by atoms with Crippen LogP contribution < -0.4 is 10.1 Å². The average molecular weight is 285 g/mol. The molecule has 0 aliphatic rings. The van der Waals surface area contributed by atoms with Gasteiger partial charge in [-0.25, -0.2) is 9.97 Å². The molecule has 0 atom stereocenters. The minimum absolute atomic E-state index is 0.747. The first-order chi connectivity index (χ1) is 10.2. The standard InChI is InChI=1S/C17H23N3O/c1-4-10-18-17-12-16(19-13(3)20-17)14-6-8-15(9-7-14)21-11-5-2/h6-9,12H,4-5,10-11H2,1-3H3,(H,18,19,20). The van der Waals surface area contributed by atoms with Crippen LogP contribution in [0, 0.1) is 6.92 Å². The van der Waals surface area contributed by atoms with Crippen LogP contribution in [0.5, 0.6) is 5.75 Å². The van der Waals surface area contributed by atoms with Crippen molar-refractivity contribution in [2.24, 2.45) is 0 Å². The lowest BCUT2D eigenvalue weighted by Gasteiger charge is -2.09. The summed E-state index contributed by atoms with van der Waals surface area (Å²) in [6, 6.07) is 10.0. The molecule has 1 heterocycles. The number of aromatic nitrogens is 2. The zero-order valence-electron chi connectivity index (χ0n) is 13.0. The molecule has 1 aromatic heterocycles. The van der Waals surface area contributed by atoms with Gasteiger partial charge in [-0.1, -0.05) is 13.8 Å². The fourth-order valence-electron chi connectivity index (χ4n) is 2.00. The van der Waals surface area contributed by atoms with E-state index in [4.69, 9.17) is 4.74 Å². The van der Waals surface area contributed by atoms with Gasteiger partial charge < -0.3 is 10.1 Å². The van der Waals surface area contributed by atoms with Crippen LogP contribution in [0.2, 0.25) is 0 Å². The molecule has 0 fully saturated rings. The number of anilines is 1. The summed E-state index contributed by atoms with van der Waals surface area (Å²) in [6.07, 6.45) is 2.08. The molecule has 0 unspecified atom stereocenters. The number of rotatable bonds is 7. The van der Waals surface area contributed by atoms with Gasteiger partial charge >= 0.3 is 0 Å². The molecule has 0 amide bonds. The van der Waals surface area contributed by atoms with Gasteiger partial charge in [0, 0.05) is 18.2 Å². The van der Waals surface area contributed by atoms with Crippen LogP contribution in [0.4, 0.5) is 5.82 Å². The predicted molar refractivity (Wildman–Crippen MR) is 86.8 cm³/mol. The molecule has 0 aliphatic heterocycles. The summed E-state index contributed by atoms with van der Waals surface area (Å²) in [7, 11) is 0. The van der Waals surface area contributed by atoms with Crippen molar-refractivity contribution in [3.63, 3.8) is 0 Å². The van der Waals surface area contributed by atoms with Crippen LogP contribution >= 0.6 is 0 Å². The zero-order valence-corrected chi connectivity index (χ0v) is 13.0. The maximum atomic E-state index is 5.60. The molecule has 21 heavy (non-hydrogen) atoms. The minimum atomic E-state index is 0.747. The highest BCUT2D eigenvalue weighted by molar-refractivity contribution is 5.63. The lowest BCUT2D eigenvalue weighted by molar-refractivity contribution is 0.317. The smallest absolute Gasteiger partial charge is 0.130 e. The minimum Gasteiger partial charge on any atom is -0.494 e. The summed E-state index contributed by atoms with van der Waals surface area (Å²) in [5.41, 5.74) is 2.01. The van der Waals surface area contributed by atoms with E-state index in [1.165, 1.54) is 0 Å². The van der Waals surface area contributed by atoms with Crippen molar-refractivity contribution in [3.05, 3.63) is 36.2 Å². The summed E-state index contributed by atoms with van der Waals surface area (Å²) in [5.74, 6) is 2.55. The molecule has 0 bridgehead atoms. The van der Waals surface area contributed by atoms with Crippen LogP contribution in [0.15, 0.2) is 30.3 Å². The normalized spacial score (nSPS) is 10.4. The van der Waals surface area contributed by atoms with E-state index < -0.39 is 0 Å². The van der Waals surface area contributed by atoms with E-state index in [2.05, 4.69) is 29.1 Å². The highest BCUT2D eigenvalue weighted by Gasteiger charge is 2.04. The topological polar surface area (TPSA) is 47.0 Å². The number of hydrogen-bond donors (Lipinski definition) is 1. The van der Waals surface area contributed by atoms with Gasteiger partial charge in [0.2, 0.25) is 0 Å². The third-order valence-electron chi connectivity index (χ3n) is 3.02. The second kappa shape index (κ2) is 7.62. The Bertz CT molecular complexity index is 567. The van der Waals surface area contributed by atoms with Crippen molar-refractivity contribution in [1.29, 1.82) is 0 Å². The Morgan fingerprint density at radius 2 is 1.81 bits per heavy atom. The summed E-state index contributed by atoms with van der Waals surface area (Å²) < 4.78 is 5.60. The number of hydrogen-bond acceptors (Lipinski definition) is 4. The SMILES string of the molecule is CCCNc1cc(-c2ccc(OCCC)cc2)nc(C)n1. The molecule has 4 heteroatoms. The highest BCUT2D eigenvalue weighted by atomic mass is 16.5. The molecule has 0 radical (unpaired) electrons. The molecule has 2 rings (SSSR count). The van der Waals surface area contributed by atoms with E-state index in [1.807, 2.05) is 37.3 Å². The molecule has 4 nitrogen and oxygen atoms in total. The van der Waals surface area contributed by atoms with Gasteiger partial charge in [0.25, 0.3) is 0 Å². The molecule has 0 saturated carbocycles. The van der Waals surface area contributed by atoms with Crippen LogP contribution in [0.25, 0.3) is 11.3 Å². The van der Waals surface area contributed by atoms with E-state index in [-0.39, 0.29) is 0 Å². The first-order valence-corrected chi connectivity index (χ1v) is 7.55. The van der Waals surface area contributed by atoms with Crippen molar-refractivity contribution in [2.75, 3.05) is 18.5 Å². The van der Waals surface area contributed by atoms with Gasteiger partial charge in [-0.15, -0.1) is 0 Å². The number of ether oxygens (including phenoxy) is 1. The first kappa shape index (κ1) is 15.3. The van der Waals surface area contributed by atoms with Gasteiger partial charge in [-0.05, 0) is 44.0 Å². The molecule has 1 N–H and O–H groups in total. The van der Waals surface area contributed by atoms with Gasteiger partial charge in [0.15, 0.2) is 0 Å². The Morgan fingerprint density at radius 1 is 1.05 bits per heavy atom. The van der Waals surface area contributed by atoms with Crippen molar-refractivity contribution in [1.82, 2.24) is 9.97 Å². The molecule has 2 aromatic rings. The maximum Gasteiger partial charge on any atom is 0.130 e. The fourth-order valence-corrected chi connectivity index (χ4v) is 2.00. The van der Waals surface area contributed by atoms with E-state index in [9.17, 15) is 0 Å². The van der Waals surface area contributed by atoms with Gasteiger partial charge in [-0.2, -0.15) is 0 Å². The Kier molecular flexibility index (Phi) is 5.55. The summed E-state index contributed by atoms with van der Waals surface area (Å²) >= 11 is 0. The van der Waals surface area contributed by atoms with E-state index in [0.29, 0.717) is 0 Å². The van der Waals surface area contributed by atoms with Crippen LogP contribution in [0.1, 0.15) is 32.5 Å². The molecule has 0 aliphatic carbocycles. The molecular weight excluding hydrogens is 262 g/mol. The number of nitrogens with zero attached hydrogens (tertiary/aromatic N) is 2. The van der Waals surface area contributed by atoms with Gasteiger partial charge in [-0.3, -0.25) is 0 Å². The Balaban J connectivity index is 2.18. The van der Waals surface area contributed by atoms with E-state index >= 15 is 0 Å². The zero-order chi connectivity index (χ0) is 15.1. The summed E-state index contributed by atoms with van der Waals surface area (Å²) in [5, 5.41) is 3.31. The van der Waals surface area contributed by atoms with Gasteiger partial charge in [0.1, 0.15) is 17.4 Å². The van der Waals surface area contributed by atoms with Crippen molar-refractivity contribution < 1.29 is 4.74 Å². The second-order valence-corrected chi connectivity index (χ2v) is 4.99. The number of nitrogens with one attached hydrogen (secondary N) is 1. The summed E-state index contributed by atoms with van der Waals surface area (Å²) in [6.45, 7) is 7.82. The molecule has 1 aromatic carbocycles. The van der Waals surface area contributed by atoms with Crippen LogP contribution in [-0.2, 0) is 0 Å². The van der Waals surface area contributed by atoms with Crippen LogP contribution in [0.3, 0.4) is 0 Å². The average Bonchev–Trinajstić information content (AvgIpc) is 2.51. The predicted octanol–water partition coefficient (Wildman–Crippen LogP) is 4.06. The molecular formula is C17H23N3O. The third-order valence-corrected chi connectivity index (χ3v) is 3.02. The van der Waals surface area contributed by atoms with E-state index in [1.54, 1.807) is 0 Å². The fraction of sp³-hybridized carbons (Fsp3) is 0.412. The number of aryl methyl sites for hydroxylation is 1. The summed E-state index contributed by atoms with van der Waals surface area (Å²) in [4.78, 5) is 8.92. The lowest BCUT2D eigenvalue weighted by Crippen LogP contribution is -2.04. The van der Waals surface area contributed by atoms with Crippen LogP contribution in [-0.4, -0.2) is 23.1 Å². The monoisotopic (exact) mass is 285 g/mol. The Morgan fingerprint density at radius 3 is 2.48 bits per heavy atom. The molecule has 0 spiro atoms. The van der Waals surface area contributed by atoms with Crippen molar-refractivity contribution in [3.8, 4) is 17.0 Å². The second-order valence-electron chi connectivity index (χ2n) is 4.99. The highest BCUT2D eigenvalue weighted by Crippen LogP contribution is 2.22. The molecule has 0 saturated heterocycles. The first-order valence-electron chi connectivity index (χ1n) is 7.55. The van der Waals surface area contributed by atoms with Crippen molar-refractivity contribution in [2.45, 2.75) is 33.6 Å². The third kappa shape index (κ3) is 4.45. The number of benzene rings is 1. The maximum absolute atomic E-state index is 5.60. The lowest BCUT2D eigenvalue weighted by atomic mass is 10.1.